The van der Waals surface area contributed by atoms with Gasteiger partial charge in [0.1, 0.15) is 0 Å². The topological polar surface area (TPSA) is 35.6 Å². The van der Waals surface area contributed by atoms with Gasteiger partial charge in [0.25, 0.3) is 0 Å². The van der Waals surface area contributed by atoms with Crippen molar-refractivity contribution >= 4 is 11.7 Å². The van der Waals surface area contributed by atoms with Crippen LogP contribution in [0, 0.1) is 11.6 Å². The van der Waals surface area contributed by atoms with Crippen molar-refractivity contribution in [3.8, 4) is 0 Å². The number of carbonyl (C=O) groups excluding carboxylic acids is 1. The fraction of sp³-hybridized carbons (Fsp3) is 0.278. The summed E-state index contributed by atoms with van der Waals surface area (Å²) >= 11 is 0. The van der Waals surface area contributed by atoms with Gasteiger partial charge in [0.05, 0.1) is 0 Å². The summed E-state index contributed by atoms with van der Waals surface area (Å²) in [5.74, 6) is -1.90. The number of halogens is 2. The average molecular weight is 331 g/mol. The number of rotatable bonds is 3. The van der Waals surface area contributed by atoms with Gasteiger partial charge < -0.3 is 10.2 Å². The van der Waals surface area contributed by atoms with Gasteiger partial charge in [-0.15, -0.1) is 0 Å². The van der Waals surface area contributed by atoms with Crippen molar-refractivity contribution in [3.05, 3.63) is 65.7 Å². The predicted molar refractivity (Wildman–Crippen MR) is 88.7 cm³/mol. The fourth-order valence-electron chi connectivity index (χ4n) is 2.73. The van der Waals surface area contributed by atoms with Gasteiger partial charge in [-0.05, 0) is 17.7 Å². The number of hydrogen-bond acceptors (Lipinski definition) is 2. The Kier molecular flexibility index (Phi) is 5.05. The Balaban J connectivity index is 1.50. The standard InChI is InChI=1S/C18H19F2N3O/c19-16-7-6-15(12-17(16)20)21-18(24)23-10-8-22(9-11-23)13-14-4-2-1-3-5-14/h1-7,12H,8-11,13H2,(H,21,24). The van der Waals surface area contributed by atoms with Gasteiger partial charge in [-0.25, -0.2) is 13.6 Å². The van der Waals surface area contributed by atoms with E-state index >= 15 is 0 Å². The Bertz CT molecular complexity index is 701. The second kappa shape index (κ2) is 7.40. The van der Waals surface area contributed by atoms with Crippen LogP contribution in [0.15, 0.2) is 48.5 Å². The van der Waals surface area contributed by atoms with Crippen LogP contribution in [0.2, 0.25) is 0 Å². The molecular formula is C18H19F2N3O. The molecule has 0 saturated carbocycles. The second-order valence-electron chi connectivity index (χ2n) is 5.81. The molecule has 2 amide bonds. The lowest BCUT2D eigenvalue weighted by Crippen LogP contribution is -2.49. The number of anilines is 1. The maximum absolute atomic E-state index is 13.2. The van der Waals surface area contributed by atoms with E-state index in [0.717, 1.165) is 31.8 Å². The summed E-state index contributed by atoms with van der Waals surface area (Å²) in [7, 11) is 0. The smallest absolute Gasteiger partial charge is 0.321 e. The van der Waals surface area contributed by atoms with Gasteiger partial charge in [0, 0.05) is 44.5 Å². The Morgan fingerprint density at radius 1 is 0.958 bits per heavy atom. The fourth-order valence-corrected chi connectivity index (χ4v) is 2.73. The minimum Gasteiger partial charge on any atom is -0.322 e. The maximum Gasteiger partial charge on any atom is 0.321 e. The lowest BCUT2D eigenvalue weighted by Gasteiger charge is -2.34. The summed E-state index contributed by atoms with van der Waals surface area (Å²) in [6, 6.07) is 13.2. The molecule has 1 N–H and O–H groups in total. The molecule has 4 nitrogen and oxygen atoms in total. The number of urea groups is 1. The molecule has 1 aliphatic heterocycles. The summed E-state index contributed by atoms with van der Waals surface area (Å²) in [5, 5.41) is 2.61. The summed E-state index contributed by atoms with van der Waals surface area (Å²) in [4.78, 5) is 16.2. The zero-order valence-electron chi connectivity index (χ0n) is 13.2. The lowest BCUT2D eigenvalue weighted by molar-refractivity contribution is 0.143. The van der Waals surface area contributed by atoms with E-state index in [1.165, 1.54) is 11.6 Å². The van der Waals surface area contributed by atoms with Crippen molar-refractivity contribution in [2.75, 3.05) is 31.5 Å². The Morgan fingerprint density at radius 2 is 1.67 bits per heavy atom. The summed E-state index contributed by atoms with van der Waals surface area (Å²) < 4.78 is 26.1. The van der Waals surface area contributed by atoms with E-state index in [1.807, 2.05) is 18.2 Å². The number of piperazine rings is 1. The molecule has 2 aromatic carbocycles. The molecule has 0 aromatic heterocycles. The molecular weight excluding hydrogens is 312 g/mol. The monoisotopic (exact) mass is 331 g/mol. The van der Waals surface area contributed by atoms with E-state index < -0.39 is 11.6 Å². The first kappa shape index (κ1) is 16.4. The first-order valence-corrected chi connectivity index (χ1v) is 7.89. The summed E-state index contributed by atoms with van der Waals surface area (Å²) in [6.07, 6.45) is 0. The van der Waals surface area contributed by atoms with Crippen molar-refractivity contribution in [1.82, 2.24) is 9.80 Å². The Morgan fingerprint density at radius 3 is 2.33 bits per heavy atom. The third kappa shape index (κ3) is 4.08. The lowest BCUT2D eigenvalue weighted by atomic mass is 10.2. The number of nitrogens with one attached hydrogen (secondary N) is 1. The zero-order chi connectivity index (χ0) is 16.9. The molecule has 0 bridgehead atoms. The molecule has 0 unspecified atom stereocenters. The highest BCUT2D eigenvalue weighted by molar-refractivity contribution is 5.89. The highest BCUT2D eigenvalue weighted by Gasteiger charge is 2.21. The zero-order valence-corrected chi connectivity index (χ0v) is 13.2. The predicted octanol–water partition coefficient (Wildman–Crippen LogP) is 3.31. The molecule has 3 rings (SSSR count). The van der Waals surface area contributed by atoms with Crippen molar-refractivity contribution in [2.24, 2.45) is 0 Å². The van der Waals surface area contributed by atoms with E-state index in [9.17, 15) is 13.6 Å². The van der Waals surface area contributed by atoms with Crippen LogP contribution in [0.5, 0.6) is 0 Å². The normalized spacial score (nSPS) is 15.3. The van der Waals surface area contributed by atoms with Crippen molar-refractivity contribution in [1.29, 1.82) is 0 Å². The van der Waals surface area contributed by atoms with E-state index in [0.29, 0.717) is 13.1 Å². The van der Waals surface area contributed by atoms with Crippen LogP contribution >= 0.6 is 0 Å². The molecule has 0 atom stereocenters. The van der Waals surface area contributed by atoms with Gasteiger partial charge in [-0.1, -0.05) is 30.3 Å². The Hall–Kier alpha value is -2.47. The van der Waals surface area contributed by atoms with Gasteiger partial charge >= 0.3 is 6.03 Å². The SMILES string of the molecule is O=C(Nc1ccc(F)c(F)c1)N1CCN(Cc2ccccc2)CC1. The molecule has 1 heterocycles. The second-order valence-corrected chi connectivity index (χ2v) is 5.81. The number of nitrogens with zero attached hydrogens (tertiary/aromatic N) is 2. The molecule has 1 fully saturated rings. The number of benzene rings is 2. The average Bonchev–Trinajstić information content (AvgIpc) is 2.60. The molecule has 0 radical (unpaired) electrons. The Labute approximate surface area is 139 Å². The maximum atomic E-state index is 13.2. The van der Waals surface area contributed by atoms with Crippen LogP contribution in [-0.2, 0) is 6.54 Å². The minimum absolute atomic E-state index is 0.255. The largest absolute Gasteiger partial charge is 0.322 e. The first-order chi connectivity index (χ1) is 11.6. The highest BCUT2D eigenvalue weighted by atomic mass is 19.2. The number of carbonyl (C=O) groups is 1. The van der Waals surface area contributed by atoms with Crippen LogP contribution in [0.3, 0.4) is 0 Å². The van der Waals surface area contributed by atoms with Crippen molar-refractivity contribution < 1.29 is 13.6 Å². The van der Waals surface area contributed by atoms with Gasteiger partial charge in [-0.3, -0.25) is 4.90 Å². The molecule has 2 aromatic rings. The third-order valence-corrected chi connectivity index (χ3v) is 4.08. The van der Waals surface area contributed by atoms with Crippen molar-refractivity contribution in [2.45, 2.75) is 6.54 Å². The van der Waals surface area contributed by atoms with E-state index in [4.69, 9.17) is 0 Å². The molecule has 0 aliphatic carbocycles. The summed E-state index contributed by atoms with van der Waals surface area (Å²) in [6.45, 7) is 3.62. The van der Waals surface area contributed by atoms with Gasteiger partial charge in [0.2, 0.25) is 0 Å². The highest BCUT2D eigenvalue weighted by Crippen LogP contribution is 2.15. The van der Waals surface area contributed by atoms with Crippen LogP contribution in [0.1, 0.15) is 5.56 Å². The third-order valence-electron chi connectivity index (χ3n) is 4.08. The van der Waals surface area contributed by atoms with Crippen molar-refractivity contribution in [3.63, 3.8) is 0 Å². The van der Waals surface area contributed by atoms with E-state index in [2.05, 4.69) is 22.3 Å². The molecule has 6 heteroatoms. The van der Waals surface area contributed by atoms with Gasteiger partial charge in [-0.2, -0.15) is 0 Å². The minimum atomic E-state index is -0.972. The summed E-state index contributed by atoms with van der Waals surface area (Å²) in [5.41, 5.74) is 1.50. The molecule has 24 heavy (non-hydrogen) atoms. The quantitative estimate of drug-likeness (QED) is 0.936. The first-order valence-electron chi connectivity index (χ1n) is 7.89. The number of hydrogen-bond donors (Lipinski definition) is 1. The molecule has 1 aliphatic rings. The molecule has 126 valence electrons. The van der Waals surface area contributed by atoms with Crippen LogP contribution in [0.4, 0.5) is 19.3 Å². The van der Waals surface area contributed by atoms with Crippen LogP contribution in [0.25, 0.3) is 0 Å². The van der Waals surface area contributed by atoms with E-state index in [1.54, 1.807) is 4.90 Å². The van der Waals surface area contributed by atoms with Gasteiger partial charge in [0.15, 0.2) is 11.6 Å². The van der Waals surface area contributed by atoms with Crippen LogP contribution in [-0.4, -0.2) is 42.0 Å². The van der Waals surface area contributed by atoms with E-state index in [-0.39, 0.29) is 11.7 Å². The number of amides is 2. The molecule has 1 saturated heterocycles. The molecule has 0 spiro atoms. The van der Waals surface area contributed by atoms with Crippen LogP contribution < -0.4 is 5.32 Å².